The maximum absolute atomic E-state index is 11.4. The van der Waals surface area contributed by atoms with E-state index in [1.54, 1.807) is 13.8 Å². The first-order valence-corrected chi connectivity index (χ1v) is 8.11. The van der Waals surface area contributed by atoms with Crippen LogP contribution in [-0.2, 0) is 19.6 Å². The summed E-state index contributed by atoms with van der Waals surface area (Å²) in [6.45, 7) is 9.88. The Kier molecular flexibility index (Phi) is 6.44. The molecule has 0 saturated carbocycles. The van der Waals surface area contributed by atoms with Crippen LogP contribution in [0.2, 0.25) is 0 Å². The highest BCUT2D eigenvalue weighted by Gasteiger charge is 2.22. The van der Waals surface area contributed by atoms with E-state index in [0.717, 1.165) is 6.26 Å². The summed E-state index contributed by atoms with van der Waals surface area (Å²) >= 11 is 0. The molecule has 0 aromatic heterocycles. The third-order valence-electron chi connectivity index (χ3n) is 1.95. The Morgan fingerprint density at radius 3 is 2.11 bits per heavy atom. The summed E-state index contributed by atoms with van der Waals surface area (Å²) in [4.78, 5) is 11.4. The van der Waals surface area contributed by atoms with Crippen LogP contribution in [0.4, 0.5) is 0 Å². The molecule has 0 radical (unpaired) electrons. The van der Waals surface area contributed by atoms with Crippen LogP contribution in [0.1, 0.15) is 41.0 Å². The van der Waals surface area contributed by atoms with Crippen LogP contribution in [0.3, 0.4) is 0 Å². The molecule has 0 aliphatic heterocycles. The molecule has 0 heterocycles. The topological polar surface area (TPSA) is 84.5 Å². The molecule has 0 amide bonds. The van der Waals surface area contributed by atoms with E-state index in [0.29, 0.717) is 13.1 Å². The van der Waals surface area contributed by atoms with E-state index < -0.39 is 21.2 Å². The maximum atomic E-state index is 11.4. The van der Waals surface area contributed by atoms with E-state index in [1.165, 1.54) is 0 Å². The fourth-order valence-electron chi connectivity index (χ4n) is 1.52. The third kappa shape index (κ3) is 12.1. The van der Waals surface area contributed by atoms with Gasteiger partial charge < -0.3 is 10.1 Å². The molecule has 0 spiro atoms. The molecule has 0 aliphatic rings. The molecule has 0 rings (SSSR count). The molecule has 0 atom stereocenters. The number of esters is 1. The van der Waals surface area contributed by atoms with Crippen LogP contribution in [0, 0.1) is 0 Å². The van der Waals surface area contributed by atoms with Crippen molar-refractivity contribution >= 4 is 16.0 Å². The van der Waals surface area contributed by atoms with Crippen LogP contribution < -0.4 is 10.0 Å². The third-order valence-corrected chi connectivity index (χ3v) is 2.88. The molecule has 0 aromatic rings. The summed E-state index contributed by atoms with van der Waals surface area (Å²) in [5, 5.41) is 3.04. The van der Waals surface area contributed by atoms with Gasteiger partial charge in [0, 0.05) is 18.6 Å². The van der Waals surface area contributed by atoms with Gasteiger partial charge in [-0.15, -0.1) is 0 Å². The lowest BCUT2D eigenvalue weighted by Crippen LogP contribution is -2.50. The van der Waals surface area contributed by atoms with Crippen LogP contribution in [0.15, 0.2) is 0 Å². The summed E-state index contributed by atoms with van der Waals surface area (Å²) in [7, 11) is -3.24. The van der Waals surface area contributed by atoms with E-state index in [-0.39, 0.29) is 12.4 Å². The number of ether oxygens (including phenoxy) is 1. The second kappa shape index (κ2) is 6.67. The molecule has 0 bridgehead atoms. The van der Waals surface area contributed by atoms with Crippen molar-refractivity contribution in [2.75, 3.05) is 19.3 Å². The minimum Gasteiger partial charge on any atom is -0.460 e. The average Bonchev–Trinajstić information content (AvgIpc) is 2.05. The molecule has 0 fully saturated rings. The number of rotatable bonds is 7. The van der Waals surface area contributed by atoms with Crippen molar-refractivity contribution in [2.45, 2.75) is 52.2 Å². The molecule has 114 valence electrons. The lowest BCUT2D eigenvalue weighted by Gasteiger charge is -2.25. The number of carbonyl (C=O) groups excluding carboxylic acids is 1. The van der Waals surface area contributed by atoms with E-state index in [9.17, 15) is 13.2 Å². The van der Waals surface area contributed by atoms with E-state index in [4.69, 9.17) is 4.74 Å². The number of hydrogen-bond donors (Lipinski definition) is 2. The highest BCUT2D eigenvalue weighted by atomic mass is 32.2. The fraction of sp³-hybridized carbons (Fsp3) is 0.917. The second-order valence-electron chi connectivity index (χ2n) is 6.27. The predicted octanol–water partition coefficient (Wildman–Crippen LogP) is 0.636. The number of sulfonamides is 1. The van der Waals surface area contributed by atoms with Crippen LogP contribution in [-0.4, -0.2) is 44.9 Å². The highest BCUT2D eigenvalue weighted by Crippen LogP contribution is 2.08. The highest BCUT2D eigenvalue weighted by molar-refractivity contribution is 7.88. The fourth-order valence-corrected chi connectivity index (χ4v) is 2.60. The SMILES string of the molecule is CC(C)(CNCCC(=O)OC(C)(C)C)NS(C)(=O)=O. The monoisotopic (exact) mass is 294 g/mol. The molecule has 0 saturated heterocycles. The lowest BCUT2D eigenvalue weighted by atomic mass is 10.1. The summed E-state index contributed by atoms with van der Waals surface area (Å²) < 4.78 is 29.9. The molecule has 6 nitrogen and oxygen atoms in total. The zero-order valence-corrected chi connectivity index (χ0v) is 13.5. The Morgan fingerprint density at radius 1 is 1.16 bits per heavy atom. The normalized spacial score (nSPS) is 13.4. The van der Waals surface area contributed by atoms with Crippen LogP contribution >= 0.6 is 0 Å². The summed E-state index contributed by atoms with van der Waals surface area (Å²) in [6, 6.07) is 0. The van der Waals surface area contributed by atoms with Gasteiger partial charge in [0.25, 0.3) is 0 Å². The minimum atomic E-state index is -3.24. The van der Waals surface area contributed by atoms with Gasteiger partial charge in [0.1, 0.15) is 5.60 Å². The molecule has 7 heteroatoms. The van der Waals surface area contributed by atoms with Gasteiger partial charge in [0.2, 0.25) is 10.0 Å². The van der Waals surface area contributed by atoms with Crippen molar-refractivity contribution in [3.8, 4) is 0 Å². The molecule has 0 aromatic carbocycles. The largest absolute Gasteiger partial charge is 0.460 e. The van der Waals surface area contributed by atoms with Crippen molar-refractivity contribution < 1.29 is 17.9 Å². The number of nitrogens with one attached hydrogen (secondary N) is 2. The zero-order chi connectivity index (χ0) is 15.3. The predicted molar refractivity (Wildman–Crippen MR) is 75.4 cm³/mol. The van der Waals surface area contributed by atoms with Crippen molar-refractivity contribution in [3.05, 3.63) is 0 Å². The zero-order valence-electron chi connectivity index (χ0n) is 12.7. The van der Waals surface area contributed by atoms with Crippen molar-refractivity contribution in [2.24, 2.45) is 0 Å². The van der Waals surface area contributed by atoms with Crippen molar-refractivity contribution in [1.29, 1.82) is 0 Å². The van der Waals surface area contributed by atoms with Gasteiger partial charge in [-0.1, -0.05) is 0 Å². The molecule has 0 unspecified atom stereocenters. The van der Waals surface area contributed by atoms with E-state index in [2.05, 4.69) is 10.0 Å². The van der Waals surface area contributed by atoms with Gasteiger partial charge in [0.15, 0.2) is 0 Å². The van der Waals surface area contributed by atoms with Gasteiger partial charge in [-0.25, -0.2) is 13.1 Å². The number of hydrogen-bond acceptors (Lipinski definition) is 5. The Labute approximate surface area is 116 Å². The quantitative estimate of drug-likeness (QED) is 0.531. The van der Waals surface area contributed by atoms with Crippen molar-refractivity contribution in [3.63, 3.8) is 0 Å². The first-order valence-electron chi connectivity index (χ1n) is 6.22. The molecule has 0 aliphatic carbocycles. The minimum absolute atomic E-state index is 0.256. The Morgan fingerprint density at radius 2 is 1.68 bits per heavy atom. The second-order valence-corrected chi connectivity index (χ2v) is 8.02. The molecular weight excluding hydrogens is 268 g/mol. The summed E-state index contributed by atoms with van der Waals surface area (Å²) in [5.74, 6) is -0.270. The van der Waals surface area contributed by atoms with Gasteiger partial charge in [-0.3, -0.25) is 4.79 Å². The molecule has 19 heavy (non-hydrogen) atoms. The summed E-state index contributed by atoms with van der Waals surface area (Å²) in [5.41, 5.74) is -1.07. The first kappa shape index (κ1) is 18.3. The van der Waals surface area contributed by atoms with E-state index in [1.807, 2.05) is 20.8 Å². The molecule has 2 N–H and O–H groups in total. The van der Waals surface area contributed by atoms with Gasteiger partial charge in [-0.2, -0.15) is 0 Å². The maximum Gasteiger partial charge on any atom is 0.307 e. The van der Waals surface area contributed by atoms with E-state index >= 15 is 0 Å². The molecular formula is C12H26N2O4S. The lowest BCUT2D eigenvalue weighted by molar-refractivity contribution is -0.154. The van der Waals surface area contributed by atoms with Crippen LogP contribution in [0.25, 0.3) is 0 Å². The smallest absolute Gasteiger partial charge is 0.307 e. The first-order chi connectivity index (χ1) is 8.31. The number of carbonyl (C=O) groups is 1. The van der Waals surface area contributed by atoms with Crippen molar-refractivity contribution in [1.82, 2.24) is 10.0 Å². The van der Waals surface area contributed by atoms with Gasteiger partial charge in [0.05, 0.1) is 12.7 Å². The standard InChI is InChI=1S/C12H26N2O4S/c1-11(2,3)18-10(15)7-8-13-9-12(4,5)14-19(6,16)17/h13-14H,7-9H2,1-6H3. The Hall–Kier alpha value is -0.660. The average molecular weight is 294 g/mol. The Bertz CT molecular complexity index is 396. The van der Waals surface area contributed by atoms with Gasteiger partial charge in [-0.05, 0) is 34.6 Å². The summed E-state index contributed by atoms with van der Waals surface area (Å²) in [6.07, 6.45) is 1.38. The Balaban J connectivity index is 3.95. The van der Waals surface area contributed by atoms with Crippen LogP contribution in [0.5, 0.6) is 0 Å². The van der Waals surface area contributed by atoms with Gasteiger partial charge >= 0.3 is 5.97 Å².